The van der Waals surface area contributed by atoms with E-state index in [0.717, 1.165) is 32.5 Å². The predicted molar refractivity (Wildman–Crippen MR) is 80.9 cm³/mol. The molecule has 5 atom stereocenters. The van der Waals surface area contributed by atoms with E-state index in [1.807, 2.05) is 0 Å². The van der Waals surface area contributed by atoms with Crippen LogP contribution in [0.4, 0.5) is 0 Å². The largest absolute Gasteiger partial charge is 0.390 e. The second-order valence-corrected chi connectivity index (χ2v) is 6.85. The SMILES string of the molecule is CCN(CC)CCCC1C(O)C(O)CC2(O)CCCC12O. The third-order valence-electron chi connectivity index (χ3n) is 5.80. The molecule has 0 aromatic carbocycles. The lowest BCUT2D eigenvalue weighted by atomic mass is 9.63. The second-order valence-electron chi connectivity index (χ2n) is 6.85. The summed E-state index contributed by atoms with van der Waals surface area (Å²) in [5.74, 6) is -0.440. The number of fused-ring (bicyclic) bond motifs is 1. The fourth-order valence-electron chi connectivity index (χ4n) is 4.41. The average molecular weight is 301 g/mol. The Bertz CT molecular complexity index is 349. The Hall–Kier alpha value is -0.200. The van der Waals surface area contributed by atoms with Crippen LogP contribution in [0.5, 0.6) is 0 Å². The molecule has 0 bridgehead atoms. The van der Waals surface area contributed by atoms with Crippen molar-refractivity contribution >= 4 is 0 Å². The van der Waals surface area contributed by atoms with Gasteiger partial charge >= 0.3 is 0 Å². The van der Waals surface area contributed by atoms with Crippen LogP contribution < -0.4 is 0 Å². The molecule has 2 fully saturated rings. The van der Waals surface area contributed by atoms with Gasteiger partial charge in [0.15, 0.2) is 0 Å². The molecule has 0 saturated heterocycles. The van der Waals surface area contributed by atoms with E-state index < -0.39 is 29.3 Å². The molecule has 2 rings (SSSR count). The van der Waals surface area contributed by atoms with Gasteiger partial charge < -0.3 is 25.3 Å². The Kier molecular flexibility index (Phi) is 5.31. The lowest BCUT2D eigenvalue weighted by molar-refractivity contribution is -0.241. The maximum absolute atomic E-state index is 11.0. The fourth-order valence-corrected chi connectivity index (χ4v) is 4.41. The van der Waals surface area contributed by atoms with E-state index >= 15 is 0 Å². The highest BCUT2D eigenvalue weighted by Crippen LogP contribution is 2.52. The van der Waals surface area contributed by atoms with Gasteiger partial charge in [-0.15, -0.1) is 0 Å². The van der Waals surface area contributed by atoms with Gasteiger partial charge in [0.1, 0.15) is 0 Å². The number of hydrogen-bond donors (Lipinski definition) is 4. The summed E-state index contributed by atoms with van der Waals surface area (Å²) in [4.78, 5) is 2.30. The van der Waals surface area contributed by atoms with Crippen LogP contribution in [0.25, 0.3) is 0 Å². The van der Waals surface area contributed by atoms with Crippen molar-refractivity contribution in [3.05, 3.63) is 0 Å². The molecule has 5 unspecified atom stereocenters. The number of nitrogens with zero attached hydrogens (tertiary/aromatic N) is 1. The van der Waals surface area contributed by atoms with E-state index in [2.05, 4.69) is 18.7 Å². The first-order chi connectivity index (χ1) is 9.88. The molecule has 0 heterocycles. The van der Waals surface area contributed by atoms with E-state index in [4.69, 9.17) is 0 Å². The third kappa shape index (κ3) is 2.99. The van der Waals surface area contributed by atoms with Gasteiger partial charge in [-0.05, 0) is 51.7 Å². The van der Waals surface area contributed by atoms with Crippen LogP contribution in [0.2, 0.25) is 0 Å². The van der Waals surface area contributed by atoms with Crippen molar-refractivity contribution in [2.24, 2.45) is 5.92 Å². The molecule has 0 amide bonds. The first kappa shape index (κ1) is 17.2. The van der Waals surface area contributed by atoms with Crippen molar-refractivity contribution in [2.75, 3.05) is 19.6 Å². The Labute approximate surface area is 127 Å². The third-order valence-corrected chi connectivity index (χ3v) is 5.80. The van der Waals surface area contributed by atoms with Crippen molar-refractivity contribution in [2.45, 2.75) is 75.8 Å². The number of rotatable bonds is 6. The summed E-state index contributed by atoms with van der Waals surface area (Å²) < 4.78 is 0. The highest BCUT2D eigenvalue weighted by Gasteiger charge is 2.63. The van der Waals surface area contributed by atoms with Crippen molar-refractivity contribution in [1.82, 2.24) is 4.90 Å². The molecule has 21 heavy (non-hydrogen) atoms. The van der Waals surface area contributed by atoms with Gasteiger partial charge in [-0.3, -0.25) is 0 Å². The number of aliphatic hydroxyl groups is 4. The summed E-state index contributed by atoms with van der Waals surface area (Å²) >= 11 is 0. The summed E-state index contributed by atoms with van der Waals surface area (Å²) in [6.07, 6.45) is 1.47. The van der Waals surface area contributed by atoms with Gasteiger partial charge in [-0.2, -0.15) is 0 Å². The van der Waals surface area contributed by atoms with Gasteiger partial charge in [0, 0.05) is 12.3 Å². The quantitative estimate of drug-likeness (QED) is 0.574. The zero-order chi connectivity index (χ0) is 15.7. The molecule has 5 nitrogen and oxygen atoms in total. The standard InChI is InChI=1S/C16H31NO4/c1-3-17(4-2)10-5-7-12-14(19)13(18)11-15(20)8-6-9-16(12,15)21/h12-14,18-21H,3-11H2,1-2H3. The predicted octanol–water partition coefficient (Wildman–Crippen LogP) is 0.496. The normalized spacial score (nSPS) is 43.3. The highest BCUT2D eigenvalue weighted by molar-refractivity contribution is 5.14. The highest BCUT2D eigenvalue weighted by atomic mass is 16.4. The molecule has 0 aromatic rings. The van der Waals surface area contributed by atoms with Gasteiger partial charge in [-0.1, -0.05) is 13.8 Å². The van der Waals surface area contributed by atoms with Crippen LogP contribution in [0.1, 0.15) is 52.4 Å². The van der Waals surface area contributed by atoms with Crippen LogP contribution >= 0.6 is 0 Å². The zero-order valence-corrected chi connectivity index (χ0v) is 13.3. The minimum absolute atomic E-state index is 0.0806. The average Bonchev–Trinajstić information content (AvgIpc) is 2.74. The molecular formula is C16H31NO4. The molecule has 2 saturated carbocycles. The van der Waals surface area contributed by atoms with Gasteiger partial charge in [-0.25, -0.2) is 0 Å². The Morgan fingerprint density at radius 3 is 2.38 bits per heavy atom. The van der Waals surface area contributed by atoms with Crippen LogP contribution in [0.3, 0.4) is 0 Å². The van der Waals surface area contributed by atoms with Gasteiger partial charge in [0.25, 0.3) is 0 Å². The van der Waals surface area contributed by atoms with E-state index in [9.17, 15) is 20.4 Å². The summed E-state index contributed by atoms with van der Waals surface area (Å²) in [6.45, 7) is 7.12. The lowest BCUT2D eigenvalue weighted by Crippen LogP contribution is -2.65. The minimum Gasteiger partial charge on any atom is -0.390 e. The molecule has 0 aromatic heterocycles. The molecule has 5 heteroatoms. The number of aliphatic hydroxyl groups excluding tert-OH is 2. The summed E-state index contributed by atoms with van der Waals surface area (Å²) in [5.41, 5.74) is -2.47. The first-order valence-corrected chi connectivity index (χ1v) is 8.41. The van der Waals surface area contributed by atoms with Crippen LogP contribution in [-0.4, -0.2) is 68.4 Å². The van der Waals surface area contributed by atoms with Crippen LogP contribution in [0, 0.1) is 5.92 Å². The first-order valence-electron chi connectivity index (χ1n) is 8.41. The Balaban J connectivity index is 2.04. The molecule has 0 radical (unpaired) electrons. The summed E-state index contributed by atoms with van der Waals surface area (Å²) in [7, 11) is 0. The molecule has 2 aliphatic rings. The molecule has 2 aliphatic carbocycles. The summed E-state index contributed by atoms with van der Waals surface area (Å²) in [5, 5.41) is 42.0. The lowest BCUT2D eigenvalue weighted by Gasteiger charge is -2.51. The van der Waals surface area contributed by atoms with Crippen LogP contribution in [-0.2, 0) is 0 Å². The molecule has 4 N–H and O–H groups in total. The van der Waals surface area contributed by atoms with E-state index in [1.165, 1.54) is 0 Å². The second kappa shape index (κ2) is 6.50. The smallest absolute Gasteiger partial charge is 0.0987 e. The van der Waals surface area contributed by atoms with Crippen molar-refractivity contribution < 1.29 is 20.4 Å². The van der Waals surface area contributed by atoms with E-state index in [1.54, 1.807) is 0 Å². The molecular weight excluding hydrogens is 270 g/mol. The topological polar surface area (TPSA) is 84.2 Å². The fraction of sp³-hybridized carbons (Fsp3) is 1.00. The summed E-state index contributed by atoms with van der Waals surface area (Å²) in [6, 6.07) is 0. The molecule has 0 aliphatic heterocycles. The minimum atomic E-state index is -1.24. The van der Waals surface area contributed by atoms with Crippen LogP contribution in [0.15, 0.2) is 0 Å². The van der Waals surface area contributed by atoms with Gasteiger partial charge in [0.05, 0.1) is 23.4 Å². The zero-order valence-electron chi connectivity index (χ0n) is 13.3. The maximum Gasteiger partial charge on any atom is 0.0987 e. The Morgan fingerprint density at radius 1 is 1.10 bits per heavy atom. The molecule has 124 valence electrons. The van der Waals surface area contributed by atoms with Gasteiger partial charge in [0.2, 0.25) is 0 Å². The van der Waals surface area contributed by atoms with Crippen molar-refractivity contribution in [3.8, 4) is 0 Å². The van der Waals surface area contributed by atoms with Crippen molar-refractivity contribution in [3.63, 3.8) is 0 Å². The monoisotopic (exact) mass is 301 g/mol. The maximum atomic E-state index is 11.0. The molecule has 0 spiro atoms. The van der Waals surface area contributed by atoms with Crippen molar-refractivity contribution in [1.29, 1.82) is 0 Å². The Morgan fingerprint density at radius 2 is 1.76 bits per heavy atom. The van der Waals surface area contributed by atoms with E-state index in [-0.39, 0.29) is 6.42 Å². The van der Waals surface area contributed by atoms with E-state index in [0.29, 0.717) is 19.3 Å². The number of hydrogen-bond acceptors (Lipinski definition) is 5.